The monoisotopic (exact) mass is 310 g/mol. The lowest BCUT2D eigenvalue weighted by Gasteiger charge is -2.38. The van der Waals surface area contributed by atoms with Crippen LogP contribution in [0.2, 0.25) is 5.02 Å². The molecule has 1 N–H and O–H groups in total. The van der Waals surface area contributed by atoms with Gasteiger partial charge in [-0.1, -0.05) is 32.4 Å². The van der Waals surface area contributed by atoms with Crippen LogP contribution in [0.25, 0.3) is 0 Å². The molecule has 0 bridgehead atoms. The van der Waals surface area contributed by atoms with Crippen LogP contribution in [0.15, 0.2) is 18.2 Å². The Labute approximate surface area is 129 Å². The summed E-state index contributed by atoms with van der Waals surface area (Å²) in [6.07, 6.45) is 0. The summed E-state index contributed by atoms with van der Waals surface area (Å²) < 4.78 is 5.10. The van der Waals surface area contributed by atoms with Crippen LogP contribution < -0.4 is 15.0 Å². The number of carbonyl (C=O) groups excluding carboxylic acids is 2. The van der Waals surface area contributed by atoms with Crippen LogP contribution in [-0.4, -0.2) is 31.5 Å². The average Bonchev–Trinajstić information content (AvgIpc) is 2.39. The molecule has 0 saturated carbocycles. The Bertz CT molecular complexity index is 581. The van der Waals surface area contributed by atoms with Gasteiger partial charge in [0, 0.05) is 5.69 Å². The molecule has 1 atom stereocenters. The fourth-order valence-electron chi connectivity index (χ4n) is 2.27. The van der Waals surface area contributed by atoms with E-state index in [0.717, 1.165) is 0 Å². The Morgan fingerprint density at radius 1 is 1.33 bits per heavy atom. The lowest BCUT2D eigenvalue weighted by Crippen LogP contribution is -2.62. The highest BCUT2D eigenvalue weighted by Crippen LogP contribution is 2.31. The standard InChI is InChI=1S/C15H19ClN2O3/c1-15(2,3)13-14(20)18(8-12(19)17-13)9-5-6-11(21-4)10(16)7-9/h5-7,13H,8H2,1-4H3,(H,17,19). The van der Waals surface area contributed by atoms with Gasteiger partial charge in [-0.25, -0.2) is 0 Å². The Hall–Kier alpha value is -1.75. The van der Waals surface area contributed by atoms with Crippen LogP contribution in [0.1, 0.15) is 20.8 Å². The van der Waals surface area contributed by atoms with Crippen molar-refractivity contribution in [1.29, 1.82) is 0 Å². The number of halogens is 1. The summed E-state index contributed by atoms with van der Waals surface area (Å²) in [5, 5.41) is 3.16. The minimum atomic E-state index is -0.556. The molecule has 1 fully saturated rings. The highest BCUT2D eigenvalue weighted by molar-refractivity contribution is 6.32. The van der Waals surface area contributed by atoms with Gasteiger partial charge < -0.3 is 15.0 Å². The van der Waals surface area contributed by atoms with Gasteiger partial charge in [0.15, 0.2) is 0 Å². The molecular weight excluding hydrogens is 292 g/mol. The number of nitrogens with zero attached hydrogens (tertiary/aromatic N) is 1. The molecule has 1 aliphatic heterocycles. The lowest BCUT2D eigenvalue weighted by molar-refractivity contribution is -0.133. The zero-order valence-electron chi connectivity index (χ0n) is 12.6. The van der Waals surface area contributed by atoms with Gasteiger partial charge in [0.05, 0.1) is 12.1 Å². The number of hydrogen-bond donors (Lipinski definition) is 1. The predicted molar refractivity (Wildman–Crippen MR) is 81.7 cm³/mol. The maximum Gasteiger partial charge on any atom is 0.250 e. The first-order valence-corrected chi connectivity index (χ1v) is 7.06. The normalized spacial score (nSPS) is 19.5. The molecule has 5 nitrogen and oxygen atoms in total. The summed E-state index contributed by atoms with van der Waals surface area (Å²) in [4.78, 5) is 26.0. The van der Waals surface area contributed by atoms with E-state index in [9.17, 15) is 9.59 Å². The van der Waals surface area contributed by atoms with E-state index in [-0.39, 0.29) is 23.8 Å². The zero-order valence-corrected chi connectivity index (χ0v) is 13.3. The van der Waals surface area contributed by atoms with Gasteiger partial charge in [-0.3, -0.25) is 9.59 Å². The maximum absolute atomic E-state index is 12.6. The Balaban J connectivity index is 2.36. The number of rotatable bonds is 2. The van der Waals surface area contributed by atoms with E-state index in [4.69, 9.17) is 16.3 Å². The first-order chi connectivity index (χ1) is 9.74. The van der Waals surface area contributed by atoms with Gasteiger partial charge in [0.2, 0.25) is 5.91 Å². The topological polar surface area (TPSA) is 58.6 Å². The summed E-state index contributed by atoms with van der Waals surface area (Å²) >= 11 is 6.10. The molecule has 1 heterocycles. The fraction of sp³-hybridized carbons (Fsp3) is 0.467. The minimum Gasteiger partial charge on any atom is -0.495 e. The summed E-state index contributed by atoms with van der Waals surface area (Å²) in [5.74, 6) is 0.214. The van der Waals surface area contributed by atoms with Crippen LogP contribution >= 0.6 is 11.6 Å². The SMILES string of the molecule is COc1ccc(N2CC(=O)NC(C(C)(C)C)C2=O)cc1Cl. The van der Waals surface area contributed by atoms with Crippen molar-refractivity contribution in [1.82, 2.24) is 5.32 Å². The number of benzene rings is 1. The van der Waals surface area contributed by atoms with E-state index >= 15 is 0 Å². The van der Waals surface area contributed by atoms with E-state index < -0.39 is 6.04 Å². The van der Waals surface area contributed by atoms with Gasteiger partial charge in [-0.15, -0.1) is 0 Å². The van der Waals surface area contributed by atoms with E-state index in [1.54, 1.807) is 18.2 Å². The van der Waals surface area contributed by atoms with Crippen molar-refractivity contribution < 1.29 is 14.3 Å². The summed E-state index contributed by atoms with van der Waals surface area (Å²) in [6, 6.07) is 4.49. The van der Waals surface area contributed by atoms with Crippen molar-refractivity contribution >= 4 is 29.1 Å². The third kappa shape index (κ3) is 3.13. The van der Waals surface area contributed by atoms with E-state index in [0.29, 0.717) is 16.5 Å². The number of anilines is 1. The van der Waals surface area contributed by atoms with Gasteiger partial charge >= 0.3 is 0 Å². The van der Waals surface area contributed by atoms with Crippen molar-refractivity contribution in [2.75, 3.05) is 18.6 Å². The molecule has 21 heavy (non-hydrogen) atoms. The molecule has 1 aromatic rings. The van der Waals surface area contributed by atoms with Crippen molar-refractivity contribution in [2.24, 2.45) is 5.41 Å². The first kappa shape index (κ1) is 15.6. The second-order valence-corrected chi connectivity index (χ2v) is 6.52. The molecule has 114 valence electrons. The first-order valence-electron chi connectivity index (χ1n) is 6.68. The van der Waals surface area contributed by atoms with Gasteiger partial charge in [0.1, 0.15) is 18.3 Å². The van der Waals surface area contributed by atoms with Gasteiger partial charge in [-0.05, 0) is 23.6 Å². The molecule has 0 aromatic heterocycles. The molecule has 1 unspecified atom stereocenters. The quantitative estimate of drug-likeness (QED) is 0.911. The number of carbonyl (C=O) groups is 2. The molecular formula is C15H19ClN2O3. The summed E-state index contributed by atoms with van der Waals surface area (Å²) in [5.41, 5.74) is 0.233. The third-order valence-corrected chi connectivity index (χ3v) is 3.73. The summed E-state index contributed by atoms with van der Waals surface area (Å²) in [6.45, 7) is 5.75. The van der Waals surface area contributed by atoms with Crippen molar-refractivity contribution in [2.45, 2.75) is 26.8 Å². The van der Waals surface area contributed by atoms with Crippen LogP contribution in [0.4, 0.5) is 5.69 Å². The lowest BCUT2D eigenvalue weighted by atomic mass is 9.84. The number of nitrogens with one attached hydrogen (secondary N) is 1. The number of methoxy groups -OCH3 is 1. The molecule has 6 heteroatoms. The van der Waals surface area contributed by atoms with Crippen LogP contribution in [-0.2, 0) is 9.59 Å². The smallest absolute Gasteiger partial charge is 0.250 e. The van der Waals surface area contributed by atoms with Crippen LogP contribution in [0.3, 0.4) is 0 Å². The Morgan fingerprint density at radius 2 is 2.00 bits per heavy atom. The predicted octanol–water partition coefficient (Wildman–Crippen LogP) is 2.23. The van der Waals surface area contributed by atoms with E-state index in [1.165, 1.54) is 12.0 Å². The van der Waals surface area contributed by atoms with E-state index in [2.05, 4.69) is 5.32 Å². The van der Waals surface area contributed by atoms with Gasteiger partial charge in [-0.2, -0.15) is 0 Å². The molecule has 0 spiro atoms. The molecule has 0 radical (unpaired) electrons. The third-order valence-electron chi connectivity index (χ3n) is 3.43. The van der Waals surface area contributed by atoms with Crippen LogP contribution in [0.5, 0.6) is 5.75 Å². The number of ether oxygens (including phenoxy) is 1. The van der Waals surface area contributed by atoms with Gasteiger partial charge in [0.25, 0.3) is 5.91 Å². The fourth-order valence-corrected chi connectivity index (χ4v) is 2.53. The highest BCUT2D eigenvalue weighted by Gasteiger charge is 2.40. The zero-order chi connectivity index (χ0) is 15.8. The Kier molecular flexibility index (Phi) is 4.14. The van der Waals surface area contributed by atoms with E-state index in [1.807, 2.05) is 20.8 Å². The molecule has 1 saturated heterocycles. The second kappa shape index (κ2) is 5.56. The average molecular weight is 311 g/mol. The number of piperazine rings is 1. The highest BCUT2D eigenvalue weighted by atomic mass is 35.5. The molecule has 1 aliphatic rings. The van der Waals surface area contributed by atoms with Crippen LogP contribution in [0, 0.1) is 5.41 Å². The molecule has 1 aromatic carbocycles. The second-order valence-electron chi connectivity index (χ2n) is 6.11. The largest absolute Gasteiger partial charge is 0.495 e. The molecule has 2 amide bonds. The number of amides is 2. The molecule has 0 aliphatic carbocycles. The van der Waals surface area contributed by atoms with Crippen molar-refractivity contribution in [3.8, 4) is 5.75 Å². The minimum absolute atomic E-state index is 0.00588. The van der Waals surface area contributed by atoms with Crippen molar-refractivity contribution in [3.63, 3.8) is 0 Å². The van der Waals surface area contributed by atoms with Crippen molar-refractivity contribution in [3.05, 3.63) is 23.2 Å². The Morgan fingerprint density at radius 3 is 2.52 bits per heavy atom. The maximum atomic E-state index is 12.6. The number of hydrogen-bond acceptors (Lipinski definition) is 3. The summed E-state index contributed by atoms with van der Waals surface area (Å²) in [7, 11) is 1.52. The molecule has 2 rings (SSSR count).